The monoisotopic (exact) mass is 220 g/mol. The fraction of sp³-hybridized carbons (Fsp3) is 0.615. The number of hydrogen-bond acceptors (Lipinski definition) is 2. The molecule has 0 saturated carbocycles. The molecule has 1 saturated heterocycles. The van der Waals surface area contributed by atoms with Crippen LogP contribution in [0, 0.1) is 0 Å². The summed E-state index contributed by atoms with van der Waals surface area (Å²) in [5.74, 6) is 0.148. The molecule has 0 atom stereocenters. The third-order valence-electron chi connectivity index (χ3n) is 3.38. The van der Waals surface area contributed by atoms with Crippen molar-refractivity contribution in [2.75, 3.05) is 26.7 Å². The Kier molecular flexibility index (Phi) is 3.32. The molecule has 0 spiro atoms. The largest absolute Gasteiger partial charge is 0.365 e. The van der Waals surface area contributed by atoms with Crippen LogP contribution in [-0.4, -0.2) is 42.4 Å². The first-order valence-corrected chi connectivity index (χ1v) is 6.08. The number of carbonyl (C=O) groups excluding carboxylic acids is 1. The van der Waals surface area contributed by atoms with E-state index >= 15 is 0 Å². The van der Waals surface area contributed by atoms with Gasteiger partial charge in [0.1, 0.15) is 5.70 Å². The van der Waals surface area contributed by atoms with Crippen molar-refractivity contribution in [2.24, 2.45) is 0 Å². The number of hydrogen-bond donors (Lipinski definition) is 0. The molecule has 1 amide bonds. The zero-order valence-corrected chi connectivity index (χ0v) is 10.0. The Morgan fingerprint density at radius 2 is 2.00 bits per heavy atom. The normalized spacial score (nSPS) is 26.4. The Morgan fingerprint density at radius 1 is 1.19 bits per heavy atom. The standard InChI is InChI=1S/C13H20N2O/c1-11-6-4-3-5-7-15-9-8-14(2)13(16)12(15)10-11/h10H,1,3-9H2,2H3/b12-10-. The molecule has 2 heterocycles. The molecular formula is C13H20N2O. The summed E-state index contributed by atoms with van der Waals surface area (Å²) < 4.78 is 0. The van der Waals surface area contributed by atoms with Gasteiger partial charge in [0.25, 0.3) is 5.91 Å². The molecule has 2 aliphatic heterocycles. The van der Waals surface area contributed by atoms with Crippen LogP contribution >= 0.6 is 0 Å². The van der Waals surface area contributed by atoms with Gasteiger partial charge in [-0.1, -0.05) is 18.6 Å². The second kappa shape index (κ2) is 4.73. The summed E-state index contributed by atoms with van der Waals surface area (Å²) in [6, 6.07) is 0. The summed E-state index contributed by atoms with van der Waals surface area (Å²) in [6.07, 6.45) is 6.63. The minimum atomic E-state index is 0.148. The molecule has 3 heteroatoms. The lowest BCUT2D eigenvalue weighted by molar-refractivity contribution is -0.130. The topological polar surface area (TPSA) is 23.6 Å². The van der Waals surface area contributed by atoms with Gasteiger partial charge in [0.2, 0.25) is 0 Å². The lowest BCUT2D eigenvalue weighted by atomic mass is 10.1. The van der Waals surface area contributed by atoms with E-state index in [0.29, 0.717) is 0 Å². The SMILES string of the molecule is C=C1/C=C2/C(=O)N(C)CCN2CCCCC1. The van der Waals surface area contributed by atoms with E-state index < -0.39 is 0 Å². The molecule has 2 rings (SSSR count). The highest BCUT2D eigenvalue weighted by molar-refractivity contribution is 5.93. The van der Waals surface area contributed by atoms with E-state index in [4.69, 9.17) is 0 Å². The first kappa shape index (κ1) is 11.2. The van der Waals surface area contributed by atoms with Crippen LogP contribution in [-0.2, 0) is 4.79 Å². The number of rotatable bonds is 0. The van der Waals surface area contributed by atoms with Crippen molar-refractivity contribution in [1.82, 2.24) is 9.80 Å². The van der Waals surface area contributed by atoms with Crippen LogP contribution in [0.4, 0.5) is 0 Å². The summed E-state index contributed by atoms with van der Waals surface area (Å²) in [7, 11) is 1.87. The smallest absolute Gasteiger partial charge is 0.269 e. The molecule has 16 heavy (non-hydrogen) atoms. The van der Waals surface area contributed by atoms with Gasteiger partial charge in [-0.2, -0.15) is 0 Å². The zero-order valence-electron chi connectivity index (χ0n) is 10.0. The third kappa shape index (κ3) is 2.29. The minimum Gasteiger partial charge on any atom is -0.365 e. The predicted octanol–water partition coefficient (Wildman–Crippen LogP) is 1.77. The quantitative estimate of drug-likeness (QED) is 0.621. The maximum atomic E-state index is 12.1. The van der Waals surface area contributed by atoms with E-state index in [-0.39, 0.29) is 5.91 Å². The van der Waals surface area contributed by atoms with E-state index in [2.05, 4.69) is 11.5 Å². The molecule has 0 bridgehead atoms. The van der Waals surface area contributed by atoms with Gasteiger partial charge in [-0.3, -0.25) is 4.79 Å². The Balaban J connectivity index is 2.24. The second-order valence-electron chi connectivity index (χ2n) is 4.71. The summed E-state index contributed by atoms with van der Waals surface area (Å²) in [5.41, 5.74) is 1.94. The van der Waals surface area contributed by atoms with Crippen molar-refractivity contribution in [3.63, 3.8) is 0 Å². The van der Waals surface area contributed by atoms with Crippen LogP contribution in [0.25, 0.3) is 0 Å². The van der Waals surface area contributed by atoms with Gasteiger partial charge in [0.15, 0.2) is 0 Å². The highest BCUT2D eigenvalue weighted by Gasteiger charge is 2.26. The zero-order chi connectivity index (χ0) is 11.5. The van der Waals surface area contributed by atoms with Gasteiger partial charge >= 0.3 is 0 Å². The van der Waals surface area contributed by atoms with Crippen LogP contribution in [0.3, 0.4) is 0 Å². The highest BCUT2D eigenvalue weighted by Crippen LogP contribution is 2.21. The Bertz CT molecular complexity index is 333. The predicted molar refractivity (Wildman–Crippen MR) is 64.9 cm³/mol. The van der Waals surface area contributed by atoms with E-state index in [0.717, 1.165) is 37.3 Å². The number of nitrogens with zero attached hydrogens (tertiary/aromatic N) is 2. The summed E-state index contributed by atoms with van der Waals surface area (Å²) in [5, 5.41) is 0. The average Bonchev–Trinajstić information content (AvgIpc) is 2.35. The lowest BCUT2D eigenvalue weighted by Gasteiger charge is -2.35. The van der Waals surface area contributed by atoms with E-state index in [9.17, 15) is 4.79 Å². The minimum absolute atomic E-state index is 0.148. The van der Waals surface area contributed by atoms with Gasteiger partial charge in [-0.25, -0.2) is 0 Å². The Morgan fingerprint density at radius 3 is 2.81 bits per heavy atom. The molecule has 0 aromatic carbocycles. The summed E-state index contributed by atoms with van der Waals surface area (Å²) in [4.78, 5) is 16.1. The third-order valence-corrected chi connectivity index (χ3v) is 3.38. The van der Waals surface area contributed by atoms with Crippen LogP contribution in [0.1, 0.15) is 25.7 Å². The Labute approximate surface area is 97.4 Å². The number of likely N-dealkylation sites (N-methyl/N-ethyl adjacent to an activating group) is 1. The molecule has 0 aliphatic carbocycles. The first-order chi connectivity index (χ1) is 7.68. The van der Waals surface area contributed by atoms with Crippen molar-refractivity contribution in [3.8, 4) is 0 Å². The fourth-order valence-electron chi connectivity index (χ4n) is 2.31. The molecule has 3 nitrogen and oxygen atoms in total. The van der Waals surface area contributed by atoms with Crippen molar-refractivity contribution >= 4 is 5.91 Å². The molecular weight excluding hydrogens is 200 g/mol. The molecule has 88 valence electrons. The first-order valence-electron chi connectivity index (χ1n) is 6.08. The number of allylic oxidation sites excluding steroid dienone is 2. The van der Waals surface area contributed by atoms with Gasteiger partial charge in [-0.15, -0.1) is 0 Å². The van der Waals surface area contributed by atoms with Crippen molar-refractivity contribution in [2.45, 2.75) is 25.7 Å². The number of amides is 1. The molecule has 2 aliphatic rings. The van der Waals surface area contributed by atoms with E-state index in [1.807, 2.05) is 13.1 Å². The average molecular weight is 220 g/mol. The molecule has 0 aromatic heterocycles. The van der Waals surface area contributed by atoms with Gasteiger partial charge in [0.05, 0.1) is 0 Å². The van der Waals surface area contributed by atoms with Crippen molar-refractivity contribution in [1.29, 1.82) is 0 Å². The van der Waals surface area contributed by atoms with Gasteiger partial charge in [-0.05, 0) is 25.3 Å². The summed E-state index contributed by atoms with van der Waals surface area (Å²) >= 11 is 0. The van der Waals surface area contributed by atoms with Gasteiger partial charge in [0, 0.05) is 26.7 Å². The van der Waals surface area contributed by atoms with Gasteiger partial charge < -0.3 is 9.80 Å². The number of fused-ring (bicyclic) bond motifs is 1. The molecule has 0 unspecified atom stereocenters. The highest BCUT2D eigenvalue weighted by atomic mass is 16.2. The maximum absolute atomic E-state index is 12.1. The number of piperazine rings is 1. The molecule has 1 fully saturated rings. The maximum Gasteiger partial charge on any atom is 0.269 e. The van der Waals surface area contributed by atoms with E-state index in [1.165, 1.54) is 19.3 Å². The Hall–Kier alpha value is -1.25. The van der Waals surface area contributed by atoms with Crippen LogP contribution in [0.5, 0.6) is 0 Å². The van der Waals surface area contributed by atoms with E-state index in [1.54, 1.807) is 4.90 Å². The lowest BCUT2D eigenvalue weighted by Crippen LogP contribution is -2.46. The molecule has 0 radical (unpaired) electrons. The van der Waals surface area contributed by atoms with Crippen LogP contribution in [0.2, 0.25) is 0 Å². The molecule has 0 N–H and O–H groups in total. The van der Waals surface area contributed by atoms with Crippen LogP contribution in [0.15, 0.2) is 23.9 Å². The second-order valence-corrected chi connectivity index (χ2v) is 4.71. The van der Waals surface area contributed by atoms with Crippen LogP contribution < -0.4 is 0 Å². The fourth-order valence-corrected chi connectivity index (χ4v) is 2.31. The molecule has 0 aromatic rings. The summed E-state index contributed by atoms with van der Waals surface area (Å²) in [6.45, 7) is 6.84. The van der Waals surface area contributed by atoms with Crippen molar-refractivity contribution in [3.05, 3.63) is 23.9 Å². The number of carbonyl (C=O) groups is 1. The van der Waals surface area contributed by atoms with Crippen molar-refractivity contribution < 1.29 is 4.79 Å².